The first-order chi connectivity index (χ1) is 19.6. The van der Waals surface area contributed by atoms with Gasteiger partial charge in [0.15, 0.2) is 12.4 Å². The summed E-state index contributed by atoms with van der Waals surface area (Å²) >= 11 is 11.8. The topological polar surface area (TPSA) is 52.0 Å². The molecule has 0 saturated heterocycles. The molecule has 0 unspecified atom stereocenters. The van der Waals surface area contributed by atoms with E-state index in [0.717, 1.165) is 66.6 Å². The van der Waals surface area contributed by atoms with Crippen LogP contribution in [0.1, 0.15) is 36.0 Å². The van der Waals surface area contributed by atoms with Crippen LogP contribution >= 0.6 is 23.2 Å². The number of H-pyrrole nitrogens is 1. The first-order valence-electron chi connectivity index (χ1n) is 13.7. The number of aryl methyl sites for hydroxylation is 2. The van der Waals surface area contributed by atoms with Gasteiger partial charge in [0.25, 0.3) is 0 Å². The lowest BCUT2D eigenvalue weighted by Crippen LogP contribution is -2.35. The normalized spacial score (nSPS) is 11.4. The van der Waals surface area contributed by atoms with Crippen molar-refractivity contribution in [2.75, 3.05) is 36.3 Å². The van der Waals surface area contributed by atoms with Crippen LogP contribution in [0.2, 0.25) is 0 Å². The van der Waals surface area contributed by atoms with E-state index in [2.05, 4.69) is 44.0 Å². The molecule has 0 aliphatic heterocycles. The molecular formula is C32H36Cl2FN4O+. The van der Waals surface area contributed by atoms with Crippen molar-refractivity contribution in [2.45, 2.75) is 32.2 Å². The van der Waals surface area contributed by atoms with Gasteiger partial charge >= 0.3 is 0 Å². The number of aromatic nitrogens is 2. The molecule has 0 saturated carbocycles. The summed E-state index contributed by atoms with van der Waals surface area (Å²) in [5.74, 6) is 0.978. The van der Waals surface area contributed by atoms with Crippen LogP contribution < -0.4 is 14.8 Å². The fourth-order valence-corrected chi connectivity index (χ4v) is 5.05. The molecular weight excluding hydrogens is 546 g/mol. The average Bonchev–Trinajstić information content (AvgIpc) is 3.37. The molecule has 2 N–H and O–H groups in total. The Bertz CT molecular complexity index is 1380. The van der Waals surface area contributed by atoms with Gasteiger partial charge in [0.05, 0.1) is 0 Å². The number of alkyl halides is 2. The smallest absolute Gasteiger partial charge is 0.220 e. The lowest BCUT2D eigenvalue weighted by molar-refractivity contribution is -0.697. The summed E-state index contributed by atoms with van der Waals surface area (Å²) in [6.45, 7) is 3.01. The maximum Gasteiger partial charge on any atom is 0.220 e. The summed E-state index contributed by atoms with van der Waals surface area (Å²) in [7, 11) is 0. The number of rotatable bonds is 15. The van der Waals surface area contributed by atoms with E-state index in [4.69, 9.17) is 23.2 Å². The molecule has 5 nitrogen and oxygen atoms in total. The van der Waals surface area contributed by atoms with E-state index >= 15 is 0 Å². The fraction of sp³-hybridized carbons (Fsp3) is 0.312. The number of nitrogens with one attached hydrogen (secondary N) is 2. The standard InChI is InChI=1S/C32H35Cl2FN4O/c33-15-21-39(22-16-34)29-10-6-25(7-11-29)3-1-4-32(40)36-17-2-18-38-19-13-26(14-20-38)5-8-27-24-37-31-12-9-28(35)23-30(27)31/h5-14,19-20,23-24H,1-4,15-18,21-22H2,(H,36,40)/p+1. The lowest BCUT2D eigenvalue weighted by Gasteiger charge is -2.23. The number of carbonyl (C=O) groups is 1. The Balaban J connectivity index is 1.13. The highest BCUT2D eigenvalue weighted by Crippen LogP contribution is 2.21. The van der Waals surface area contributed by atoms with Crippen molar-refractivity contribution < 1.29 is 13.8 Å². The second-order valence-corrected chi connectivity index (χ2v) is 10.5. The molecule has 2 aromatic heterocycles. The molecule has 0 aliphatic carbocycles. The maximum atomic E-state index is 13.6. The summed E-state index contributed by atoms with van der Waals surface area (Å²) in [5, 5.41) is 3.90. The summed E-state index contributed by atoms with van der Waals surface area (Å²) in [6.07, 6.45) is 13.0. The minimum Gasteiger partial charge on any atom is -0.369 e. The molecule has 0 atom stereocenters. The van der Waals surface area contributed by atoms with Gasteiger partial charge in [-0.2, -0.15) is 0 Å². The second-order valence-electron chi connectivity index (χ2n) is 9.73. The van der Waals surface area contributed by atoms with Crippen LogP contribution in [-0.4, -0.2) is 42.3 Å². The molecule has 0 radical (unpaired) electrons. The van der Waals surface area contributed by atoms with Gasteiger partial charge in [-0.3, -0.25) is 4.79 Å². The number of pyridine rings is 1. The van der Waals surface area contributed by atoms with E-state index in [9.17, 15) is 9.18 Å². The number of nitrogens with zero attached hydrogens (tertiary/aromatic N) is 2. The van der Waals surface area contributed by atoms with Crippen molar-refractivity contribution in [3.8, 4) is 0 Å². The number of hydrogen-bond acceptors (Lipinski definition) is 2. The van der Waals surface area contributed by atoms with Crippen LogP contribution in [0.4, 0.5) is 10.1 Å². The third-order valence-electron chi connectivity index (χ3n) is 6.84. The number of amides is 1. The van der Waals surface area contributed by atoms with E-state index in [1.54, 1.807) is 12.1 Å². The predicted octanol–water partition coefficient (Wildman–Crippen LogP) is 6.58. The summed E-state index contributed by atoms with van der Waals surface area (Å²) in [4.78, 5) is 17.6. The van der Waals surface area contributed by atoms with Crippen LogP contribution in [-0.2, 0) is 17.8 Å². The van der Waals surface area contributed by atoms with Gasteiger partial charge in [-0.25, -0.2) is 8.96 Å². The number of aromatic amines is 1. The molecule has 4 rings (SSSR count). The van der Waals surface area contributed by atoms with Crippen LogP contribution in [0, 0.1) is 5.82 Å². The molecule has 0 aliphatic rings. The van der Waals surface area contributed by atoms with Gasteiger partial charge in [0.1, 0.15) is 12.4 Å². The molecule has 210 valence electrons. The van der Waals surface area contributed by atoms with Crippen LogP contribution in [0.5, 0.6) is 0 Å². The highest BCUT2D eigenvalue weighted by atomic mass is 35.5. The number of carbonyl (C=O) groups excluding carboxylic acids is 1. The number of anilines is 1. The lowest BCUT2D eigenvalue weighted by atomic mass is 10.1. The maximum absolute atomic E-state index is 13.6. The van der Waals surface area contributed by atoms with Crippen molar-refractivity contribution in [2.24, 2.45) is 0 Å². The molecule has 2 heterocycles. The molecule has 8 heteroatoms. The molecule has 0 bridgehead atoms. The van der Waals surface area contributed by atoms with Crippen LogP contribution in [0.3, 0.4) is 0 Å². The molecule has 40 heavy (non-hydrogen) atoms. The third kappa shape index (κ3) is 8.83. The number of hydrogen-bond donors (Lipinski definition) is 2. The zero-order chi connectivity index (χ0) is 28.2. The zero-order valence-corrected chi connectivity index (χ0v) is 24.1. The Kier molecular flexibility index (Phi) is 11.4. The zero-order valence-electron chi connectivity index (χ0n) is 22.6. The minimum absolute atomic E-state index is 0.0923. The largest absolute Gasteiger partial charge is 0.369 e. The monoisotopic (exact) mass is 581 g/mol. The van der Waals surface area contributed by atoms with Gasteiger partial charge < -0.3 is 15.2 Å². The molecule has 4 aromatic rings. The quantitative estimate of drug-likeness (QED) is 0.0946. The van der Waals surface area contributed by atoms with Gasteiger partial charge in [-0.15, -0.1) is 23.2 Å². The average molecular weight is 583 g/mol. The van der Waals surface area contributed by atoms with E-state index in [0.29, 0.717) is 24.7 Å². The number of halogens is 3. The molecule has 1 amide bonds. The van der Waals surface area contributed by atoms with E-state index in [-0.39, 0.29) is 11.7 Å². The van der Waals surface area contributed by atoms with Crippen molar-refractivity contribution in [1.82, 2.24) is 10.3 Å². The summed E-state index contributed by atoms with van der Waals surface area (Å²) in [5.41, 5.74) is 5.27. The number of benzene rings is 2. The number of fused-ring (bicyclic) bond motifs is 1. The first kappa shape index (κ1) is 29.6. The first-order valence-corrected chi connectivity index (χ1v) is 14.8. The summed E-state index contributed by atoms with van der Waals surface area (Å²) < 4.78 is 15.7. The van der Waals surface area contributed by atoms with Gasteiger partial charge in [0.2, 0.25) is 5.91 Å². The van der Waals surface area contributed by atoms with Crippen LogP contribution in [0.15, 0.2) is 73.2 Å². The van der Waals surface area contributed by atoms with E-state index in [1.807, 2.05) is 42.9 Å². The molecule has 0 spiro atoms. The van der Waals surface area contributed by atoms with Crippen molar-refractivity contribution >= 4 is 57.9 Å². The van der Waals surface area contributed by atoms with E-state index < -0.39 is 0 Å². The highest BCUT2D eigenvalue weighted by Gasteiger charge is 2.07. The molecule has 0 fully saturated rings. The summed E-state index contributed by atoms with van der Waals surface area (Å²) in [6, 6.07) is 17.3. The third-order valence-corrected chi connectivity index (χ3v) is 7.18. The van der Waals surface area contributed by atoms with Gasteiger partial charge in [0, 0.05) is 79.2 Å². The molecule has 2 aromatic carbocycles. The Morgan fingerprint density at radius 3 is 2.45 bits per heavy atom. The van der Waals surface area contributed by atoms with Crippen molar-refractivity contribution in [3.63, 3.8) is 0 Å². The minimum atomic E-state index is -0.241. The van der Waals surface area contributed by atoms with E-state index in [1.165, 1.54) is 11.6 Å². The van der Waals surface area contributed by atoms with Crippen molar-refractivity contribution in [1.29, 1.82) is 0 Å². The Morgan fingerprint density at radius 2 is 1.73 bits per heavy atom. The van der Waals surface area contributed by atoms with Crippen LogP contribution in [0.25, 0.3) is 23.1 Å². The fourth-order valence-electron chi connectivity index (χ4n) is 4.65. The second kappa shape index (κ2) is 15.4. The Morgan fingerprint density at radius 1 is 0.975 bits per heavy atom. The Labute approximate surface area is 245 Å². The Hall–Kier alpha value is -3.35. The predicted molar refractivity (Wildman–Crippen MR) is 164 cm³/mol. The van der Waals surface area contributed by atoms with Crippen molar-refractivity contribution in [3.05, 3.63) is 95.7 Å². The van der Waals surface area contributed by atoms with Gasteiger partial charge in [-0.1, -0.05) is 24.3 Å². The SMILES string of the molecule is O=C(CCCc1ccc(N(CCCl)CCCl)cc1)NCCC[n+]1ccc(/C=C/c2c[nH]c3ccc(F)cc23)cc1. The highest BCUT2D eigenvalue weighted by molar-refractivity contribution is 6.18. The van der Waals surface area contributed by atoms with Gasteiger partial charge in [-0.05, 0) is 59.9 Å².